The van der Waals surface area contributed by atoms with Crippen LogP contribution in [0.2, 0.25) is 0 Å². The summed E-state index contributed by atoms with van der Waals surface area (Å²) in [6, 6.07) is 8.40. The molecule has 7 N–H and O–H groups in total. The third kappa shape index (κ3) is 5.61. The van der Waals surface area contributed by atoms with Gasteiger partial charge in [0.15, 0.2) is 17.8 Å². The summed E-state index contributed by atoms with van der Waals surface area (Å²) < 4.78 is 27.5. The van der Waals surface area contributed by atoms with E-state index in [9.17, 15) is 40.5 Å². The number of cyclic esters (lactones) is 1. The molecule has 4 rings (SSSR count). The fourth-order valence-electron chi connectivity index (χ4n) is 4.90. The van der Waals surface area contributed by atoms with Crippen LogP contribution in [0, 0.1) is 11.8 Å². The molecule has 2 fully saturated rings. The largest absolute Gasteiger partial charge is 0.508 e. The summed E-state index contributed by atoms with van der Waals surface area (Å²) in [4.78, 5) is 12.9. The highest BCUT2D eigenvalue weighted by Gasteiger charge is 2.51. The van der Waals surface area contributed by atoms with Crippen molar-refractivity contribution in [2.45, 2.75) is 42.9 Å². The molecule has 9 atom stereocenters. The molecule has 13 heteroatoms. The highest BCUT2D eigenvalue weighted by Crippen LogP contribution is 2.47. The monoisotopic (exact) mass is 552 g/mol. The van der Waals surface area contributed by atoms with E-state index in [1.807, 2.05) is 0 Å². The Morgan fingerprint density at radius 1 is 0.949 bits per heavy atom. The molecule has 39 heavy (non-hydrogen) atoms. The number of phenolic OH excluding ortho intramolecular Hbond substituents is 2. The lowest BCUT2D eigenvalue weighted by atomic mass is 9.80. The van der Waals surface area contributed by atoms with Crippen LogP contribution in [0.3, 0.4) is 0 Å². The molecule has 2 aromatic carbocycles. The van der Waals surface area contributed by atoms with Crippen molar-refractivity contribution >= 4 is 5.97 Å². The first-order valence-electron chi connectivity index (χ1n) is 12.2. The first kappa shape index (κ1) is 28.8. The lowest BCUT2D eigenvalue weighted by Gasteiger charge is -2.42. The van der Waals surface area contributed by atoms with Crippen LogP contribution >= 0.6 is 0 Å². The minimum absolute atomic E-state index is 0.00683. The zero-order valence-electron chi connectivity index (χ0n) is 21.2. The molecule has 2 saturated heterocycles. The number of methoxy groups -OCH3 is 2. The van der Waals surface area contributed by atoms with E-state index in [1.54, 1.807) is 0 Å². The Morgan fingerprint density at radius 3 is 2.13 bits per heavy atom. The SMILES string of the molecule is COc1cc(C(OC2OC(CO)C(O)C(O)C2O)C2COC(=O)C2C(O)c2ccc(O)cc2)cc(OC)c1O. The number of aromatic hydroxyl groups is 2. The van der Waals surface area contributed by atoms with Gasteiger partial charge in [-0.3, -0.25) is 4.79 Å². The van der Waals surface area contributed by atoms with Crippen LogP contribution < -0.4 is 9.47 Å². The van der Waals surface area contributed by atoms with E-state index in [1.165, 1.54) is 50.6 Å². The Balaban J connectivity index is 1.77. The minimum Gasteiger partial charge on any atom is -0.508 e. The van der Waals surface area contributed by atoms with E-state index in [2.05, 4.69) is 0 Å². The summed E-state index contributed by atoms with van der Waals surface area (Å²) >= 11 is 0. The maximum atomic E-state index is 12.9. The third-order valence-corrected chi connectivity index (χ3v) is 7.07. The Hall–Kier alpha value is -3.17. The van der Waals surface area contributed by atoms with E-state index in [0.29, 0.717) is 5.56 Å². The van der Waals surface area contributed by atoms with Crippen molar-refractivity contribution in [2.75, 3.05) is 27.4 Å². The molecule has 0 saturated carbocycles. The van der Waals surface area contributed by atoms with E-state index < -0.39 is 67.3 Å². The van der Waals surface area contributed by atoms with Gasteiger partial charge in [-0.1, -0.05) is 12.1 Å². The van der Waals surface area contributed by atoms with Gasteiger partial charge in [-0.2, -0.15) is 0 Å². The van der Waals surface area contributed by atoms with E-state index >= 15 is 0 Å². The Kier molecular flexibility index (Phi) is 8.81. The van der Waals surface area contributed by atoms with Crippen molar-refractivity contribution in [3.8, 4) is 23.0 Å². The normalized spacial score (nSPS) is 30.4. The average molecular weight is 553 g/mol. The van der Waals surface area contributed by atoms with Crippen molar-refractivity contribution in [1.82, 2.24) is 0 Å². The molecular weight excluding hydrogens is 520 g/mol. The number of rotatable bonds is 9. The number of hydrogen-bond acceptors (Lipinski definition) is 13. The number of ether oxygens (including phenoxy) is 5. The van der Waals surface area contributed by atoms with Gasteiger partial charge in [0.1, 0.15) is 30.2 Å². The van der Waals surface area contributed by atoms with Crippen LogP contribution in [0.5, 0.6) is 23.0 Å². The highest BCUT2D eigenvalue weighted by molar-refractivity contribution is 5.76. The second-order valence-electron chi connectivity index (χ2n) is 9.38. The van der Waals surface area contributed by atoms with Gasteiger partial charge < -0.3 is 59.4 Å². The number of benzene rings is 2. The van der Waals surface area contributed by atoms with E-state index in [0.717, 1.165) is 0 Å². The Bertz CT molecular complexity index is 1110. The van der Waals surface area contributed by atoms with Gasteiger partial charge in [0, 0.05) is 5.92 Å². The second kappa shape index (κ2) is 11.9. The number of phenols is 2. The van der Waals surface area contributed by atoms with Gasteiger partial charge in [-0.15, -0.1) is 0 Å². The van der Waals surface area contributed by atoms with Crippen molar-refractivity contribution in [1.29, 1.82) is 0 Å². The zero-order chi connectivity index (χ0) is 28.4. The average Bonchev–Trinajstić information content (AvgIpc) is 3.32. The van der Waals surface area contributed by atoms with Crippen LogP contribution in [-0.2, 0) is 19.0 Å². The Labute approximate surface area is 223 Å². The van der Waals surface area contributed by atoms with Crippen molar-refractivity contribution < 1.29 is 64.2 Å². The number of esters is 1. The lowest BCUT2D eigenvalue weighted by Crippen LogP contribution is -2.59. The van der Waals surface area contributed by atoms with Crippen molar-refractivity contribution in [2.24, 2.45) is 11.8 Å². The number of aliphatic hydroxyl groups is 5. The molecule has 9 unspecified atom stereocenters. The molecule has 0 bridgehead atoms. The maximum absolute atomic E-state index is 12.9. The molecule has 2 aromatic rings. The molecule has 2 aliphatic heterocycles. The zero-order valence-corrected chi connectivity index (χ0v) is 21.2. The van der Waals surface area contributed by atoms with Crippen molar-refractivity contribution in [3.63, 3.8) is 0 Å². The van der Waals surface area contributed by atoms with Gasteiger partial charge >= 0.3 is 5.97 Å². The quantitative estimate of drug-likeness (QED) is 0.196. The lowest BCUT2D eigenvalue weighted by molar-refractivity contribution is -0.317. The second-order valence-corrected chi connectivity index (χ2v) is 9.38. The molecule has 214 valence electrons. The molecule has 2 aliphatic rings. The fourth-order valence-corrected chi connectivity index (χ4v) is 4.90. The molecule has 13 nitrogen and oxygen atoms in total. The van der Waals surface area contributed by atoms with Crippen LogP contribution in [0.1, 0.15) is 23.3 Å². The molecule has 0 aliphatic carbocycles. The minimum atomic E-state index is -1.76. The number of carbonyl (C=O) groups is 1. The number of carbonyl (C=O) groups excluding carboxylic acids is 1. The maximum Gasteiger partial charge on any atom is 0.312 e. The summed E-state index contributed by atoms with van der Waals surface area (Å²) in [5.74, 6) is -3.22. The van der Waals surface area contributed by atoms with Gasteiger partial charge in [0.25, 0.3) is 0 Å². The number of hydrogen-bond donors (Lipinski definition) is 7. The van der Waals surface area contributed by atoms with Crippen LogP contribution in [0.15, 0.2) is 36.4 Å². The Morgan fingerprint density at radius 2 is 1.56 bits per heavy atom. The predicted octanol–water partition coefficient (Wildman–Crippen LogP) is -0.505. The van der Waals surface area contributed by atoms with Crippen molar-refractivity contribution in [3.05, 3.63) is 47.5 Å². The molecule has 0 spiro atoms. The standard InChI is InChI=1S/C26H32O13/c1-35-15-7-12(8-16(36-2)20(15)30)24(39-26-23(33)22(32)21(31)17(9-27)38-26)14-10-37-25(34)18(14)19(29)11-3-5-13(28)6-4-11/h3-8,14,17-19,21-24,26-33H,9-10H2,1-2H3. The van der Waals surface area contributed by atoms with Gasteiger partial charge in [0.2, 0.25) is 5.75 Å². The molecular formula is C26H32O13. The molecule has 0 radical (unpaired) electrons. The predicted molar refractivity (Wildman–Crippen MR) is 130 cm³/mol. The summed E-state index contributed by atoms with van der Waals surface area (Å²) in [5, 5.41) is 71.9. The summed E-state index contributed by atoms with van der Waals surface area (Å²) in [7, 11) is 2.62. The first-order valence-corrected chi connectivity index (χ1v) is 12.2. The highest BCUT2D eigenvalue weighted by atomic mass is 16.7. The fraction of sp³-hybridized carbons (Fsp3) is 0.500. The number of aliphatic hydroxyl groups excluding tert-OH is 5. The van der Waals surface area contributed by atoms with Crippen LogP contribution in [-0.4, -0.2) is 99.9 Å². The van der Waals surface area contributed by atoms with E-state index in [-0.39, 0.29) is 35.2 Å². The molecule has 2 heterocycles. The van der Waals surface area contributed by atoms with Gasteiger partial charge in [-0.25, -0.2) is 0 Å². The summed E-state index contributed by atoms with van der Waals surface area (Å²) in [6.45, 7) is -0.921. The van der Waals surface area contributed by atoms with Crippen LogP contribution in [0.25, 0.3) is 0 Å². The summed E-state index contributed by atoms with van der Waals surface area (Å²) in [5.41, 5.74) is 0.582. The molecule has 0 aromatic heterocycles. The topological polar surface area (TPSA) is 205 Å². The summed E-state index contributed by atoms with van der Waals surface area (Å²) in [6.07, 6.45) is -10.6. The first-order chi connectivity index (χ1) is 18.6. The van der Waals surface area contributed by atoms with Gasteiger partial charge in [-0.05, 0) is 35.4 Å². The smallest absolute Gasteiger partial charge is 0.312 e. The van der Waals surface area contributed by atoms with Crippen LogP contribution in [0.4, 0.5) is 0 Å². The molecule has 0 amide bonds. The third-order valence-electron chi connectivity index (χ3n) is 7.07. The van der Waals surface area contributed by atoms with Gasteiger partial charge in [0.05, 0.1) is 45.6 Å². The van der Waals surface area contributed by atoms with E-state index in [4.69, 9.17) is 23.7 Å².